The number of fused-ring (bicyclic) bond motifs is 1. The largest absolute Gasteiger partial charge is 0.418 e. The highest BCUT2D eigenvalue weighted by Crippen LogP contribution is 2.38. The minimum atomic E-state index is -4.40. The van der Waals surface area contributed by atoms with Crippen molar-refractivity contribution in [3.63, 3.8) is 0 Å². The van der Waals surface area contributed by atoms with E-state index in [0.29, 0.717) is 55.8 Å². The number of unbranched alkanes of at least 4 members (excludes halogenated alkanes) is 1. The summed E-state index contributed by atoms with van der Waals surface area (Å²) in [6, 6.07) is 6.63. The molecule has 0 radical (unpaired) electrons. The summed E-state index contributed by atoms with van der Waals surface area (Å²) in [4.78, 5) is 21.6. The van der Waals surface area contributed by atoms with Crippen molar-refractivity contribution in [2.24, 2.45) is 5.92 Å². The van der Waals surface area contributed by atoms with Gasteiger partial charge in [-0.2, -0.15) is 13.2 Å². The summed E-state index contributed by atoms with van der Waals surface area (Å²) >= 11 is 0. The van der Waals surface area contributed by atoms with Crippen molar-refractivity contribution in [3.8, 4) is 0 Å². The zero-order valence-corrected chi connectivity index (χ0v) is 21.9. The SMILES string of the molecule is Cc1nc2/c(cc1C(=O)CCCCc1ccc(N3CCN(C)CC3)c(C(F)(F)F)c1)=C\C=C/C(C)C/C=2. The fraction of sp³-hybridized carbons (Fsp3) is 0.467. The summed E-state index contributed by atoms with van der Waals surface area (Å²) in [6.07, 6.45) is 6.90. The van der Waals surface area contributed by atoms with Crippen molar-refractivity contribution >= 4 is 23.6 Å². The number of ketones is 1. The zero-order valence-electron chi connectivity index (χ0n) is 21.9. The second-order valence-corrected chi connectivity index (χ2v) is 10.3. The van der Waals surface area contributed by atoms with Gasteiger partial charge in [0.05, 0.1) is 10.9 Å². The molecule has 1 aromatic carbocycles. The van der Waals surface area contributed by atoms with Gasteiger partial charge in [-0.25, -0.2) is 0 Å². The van der Waals surface area contributed by atoms with E-state index in [0.717, 1.165) is 35.8 Å². The van der Waals surface area contributed by atoms with E-state index in [1.54, 1.807) is 12.1 Å². The highest BCUT2D eigenvalue weighted by Gasteiger charge is 2.35. The molecule has 1 unspecified atom stereocenters. The fourth-order valence-corrected chi connectivity index (χ4v) is 4.98. The number of anilines is 1. The molecule has 0 spiro atoms. The van der Waals surface area contributed by atoms with Crippen LogP contribution in [-0.4, -0.2) is 48.9 Å². The van der Waals surface area contributed by atoms with Crippen molar-refractivity contribution < 1.29 is 18.0 Å². The normalized spacial score (nSPS) is 21.1. The maximum absolute atomic E-state index is 13.9. The number of carbonyl (C=O) groups excluding carboxylic acids is 1. The summed E-state index contributed by atoms with van der Waals surface area (Å²) in [7, 11) is 1.98. The second kappa shape index (κ2) is 11.6. The number of benzene rings is 1. The molecular weight excluding hydrogens is 475 g/mol. The van der Waals surface area contributed by atoms with E-state index in [2.05, 4.69) is 29.0 Å². The average Bonchev–Trinajstić information content (AvgIpc) is 2.85. The Morgan fingerprint density at radius 3 is 2.59 bits per heavy atom. The Balaban J connectivity index is 1.39. The van der Waals surface area contributed by atoms with Crippen molar-refractivity contribution in [1.82, 2.24) is 9.88 Å². The number of pyridine rings is 1. The van der Waals surface area contributed by atoms with Crippen molar-refractivity contribution in [3.05, 3.63) is 69.4 Å². The first-order valence-corrected chi connectivity index (χ1v) is 13.1. The quantitative estimate of drug-likeness (QED) is 0.391. The number of halogens is 3. The van der Waals surface area contributed by atoms with Gasteiger partial charge in [0, 0.05) is 54.8 Å². The van der Waals surface area contributed by atoms with Crippen LogP contribution in [0, 0.1) is 12.8 Å². The third kappa shape index (κ3) is 6.89. The highest BCUT2D eigenvalue weighted by atomic mass is 19.4. The molecule has 1 aliphatic heterocycles. The van der Waals surface area contributed by atoms with Crippen LogP contribution in [-0.2, 0) is 12.6 Å². The van der Waals surface area contributed by atoms with Crippen LogP contribution in [0.25, 0.3) is 12.2 Å². The first-order chi connectivity index (χ1) is 17.6. The van der Waals surface area contributed by atoms with E-state index in [1.807, 2.05) is 37.1 Å². The Morgan fingerprint density at radius 2 is 1.86 bits per heavy atom. The Hall–Kier alpha value is -2.93. The van der Waals surface area contributed by atoms with E-state index < -0.39 is 11.7 Å². The topological polar surface area (TPSA) is 36.4 Å². The number of hydrogen-bond acceptors (Lipinski definition) is 4. The number of piperazine rings is 1. The number of nitrogens with zero attached hydrogens (tertiary/aromatic N) is 3. The summed E-state index contributed by atoms with van der Waals surface area (Å²) < 4.78 is 41.6. The number of allylic oxidation sites excluding steroid dienone is 2. The molecule has 4 rings (SSSR count). The Morgan fingerprint density at radius 1 is 1.11 bits per heavy atom. The predicted molar refractivity (Wildman–Crippen MR) is 143 cm³/mol. The molecule has 4 nitrogen and oxygen atoms in total. The molecule has 1 saturated heterocycles. The molecule has 0 bridgehead atoms. The van der Waals surface area contributed by atoms with Crippen LogP contribution in [0.1, 0.15) is 59.8 Å². The molecule has 2 aliphatic rings. The summed E-state index contributed by atoms with van der Waals surface area (Å²) in [6.45, 7) is 6.69. The number of likely N-dealkylation sites (N-methyl/N-ethyl adjacent to an activating group) is 1. The van der Waals surface area contributed by atoms with Gasteiger partial charge in [-0.1, -0.05) is 37.3 Å². The van der Waals surface area contributed by atoms with Crippen molar-refractivity contribution in [2.45, 2.75) is 52.1 Å². The molecule has 37 heavy (non-hydrogen) atoms. The number of hydrogen-bond donors (Lipinski definition) is 0. The van der Waals surface area contributed by atoms with Gasteiger partial charge in [0.15, 0.2) is 5.78 Å². The van der Waals surface area contributed by atoms with Gasteiger partial charge < -0.3 is 9.80 Å². The monoisotopic (exact) mass is 511 g/mol. The van der Waals surface area contributed by atoms with E-state index >= 15 is 0 Å². The lowest BCUT2D eigenvalue weighted by Crippen LogP contribution is -2.45. The molecule has 7 heteroatoms. The summed E-state index contributed by atoms with van der Waals surface area (Å²) in [5, 5.41) is 1.85. The first-order valence-electron chi connectivity index (χ1n) is 13.1. The number of Topliss-reactive ketones (excluding diaryl/α,β-unsaturated/α-hetero) is 1. The molecule has 1 fully saturated rings. The zero-order chi connectivity index (χ0) is 26.6. The van der Waals surface area contributed by atoms with Crippen LogP contribution in [0.3, 0.4) is 0 Å². The Labute approximate surface area is 217 Å². The number of aryl methyl sites for hydroxylation is 2. The van der Waals surface area contributed by atoms with E-state index in [4.69, 9.17) is 0 Å². The minimum absolute atomic E-state index is 0.0296. The standard InChI is InChI=1S/C30H36F3N3O/c1-21-7-6-9-24-20-25(22(2)34-27(24)13-11-21)29(37)10-5-4-8-23-12-14-28(26(19-23)30(31,32)33)36-17-15-35(3)16-18-36/h6-7,9,12-14,19-21H,4-5,8,10-11,15-18H2,1-3H3/b7-6-,24-9-,27-13-. The number of alkyl halides is 3. The molecule has 0 saturated carbocycles. The van der Waals surface area contributed by atoms with Gasteiger partial charge in [-0.05, 0) is 69.3 Å². The van der Waals surface area contributed by atoms with Gasteiger partial charge in [0.1, 0.15) is 0 Å². The first kappa shape index (κ1) is 27.1. The molecule has 198 valence electrons. The molecule has 2 heterocycles. The molecule has 0 N–H and O–H groups in total. The van der Waals surface area contributed by atoms with Gasteiger partial charge in [-0.3, -0.25) is 9.78 Å². The lowest BCUT2D eigenvalue weighted by atomic mass is 9.98. The van der Waals surface area contributed by atoms with Gasteiger partial charge >= 0.3 is 6.18 Å². The van der Waals surface area contributed by atoms with Crippen molar-refractivity contribution in [1.29, 1.82) is 0 Å². The van der Waals surface area contributed by atoms with Crippen LogP contribution in [0.15, 0.2) is 36.4 Å². The van der Waals surface area contributed by atoms with Crippen LogP contribution >= 0.6 is 0 Å². The number of aromatic nitrogens is 1. The van der Waals surface area contributed by atoms with Crippen LogP contribution in [0.5, 0.6) is 0 Å². The third-order valence-corrected chi connectivity index (χ3v) is 7.30. The van der Waals surface area contributed by atoms with Gasteiger partial charge in [0.2, 0.25) is 0 Å². The Bertz CT molecular complexity index is 1270. The van der Waals surface area contributed by atoms with Crippen LogP contribution in [0.4, 0.5) is 18.9 Å². The third-order valence-electron chi connectivity index (χ3n) is 7.30. The lowest BCUT2D eigenvalue weighted by molar-refractivity contribution is -0.137. The molecule has 1 aromatic heterocycles. The van der Waals surface area contributed by atoms with Crippen LogP contribution < -0.4 is 15.5 Å². The molecule has 0 amide bonds. The van der Waals surface area contributed by atoms with Gasteiger partial charge in [-0.15, -0.1) is 0 Å². The smallest absolute Gasteiger partial charge is 0.368 e. The van der Waals surface area contributed by atoms with Crippen molar-refractivity contribution in [2.75, 3.05) is 38.1 Å². The summed E-state index contributed by atoms with van der Waals surface area (Å²) in [5.74, 6) is 0.477. The molecule has 1 aliphatic carbocycles. The van der Waals surface area contributed by atoms with Gasteiger partial charge in [0.25, 0.3) is 0 Å². The fourth-order valence-electron chi connectivity index (χ4n) is 4.98. The molecular formula is C30H36F3N3O. The summed E-state index contributed by atoms with van der Waals surface area (Å²) in [5.41, 5.74) is 1.70. The predicted octanol–water partition coefficient (Wildman–Crippen LogP) is 4.91. The minimum Gasteiger partial charge on any atom is -0.368 e. The molecule has 2 aromatic rings. The number of rotatable bonds is 7. The van der Waals surface area contributed by atoms with E-state index in [-0.39, 0.29) is 11.5 Å². The maximum Gasteiger partial charge on any atom is 0.418 e. The Kier molecular flexibility index (Phi) is 8.53. The highest BCUT2D eigenvalue weighted by molar-refractivity contribution is 5.97. The second-order valence-electron chi connectivity index (χ2n) is 10.3. The lowest BCUT2D eigenvalue weighted by Gasteiger charge is -2.35. The van der Waals surface area contributed by atoms with E-state index in [1.165, 1.54) is 6.07 Å². The molecule has 1 atom stereocenters. The van der Waals surface area contributed by atoms with Crippen LogP contribution in [0.2, 0.25) is 0 Å². The van der Waals surface area contributed by atoms with E-state index in [9.17, 15) is 18.0 Å². The maximum atomic E-state index is 13.9. The number of carbonyl (C=O) groups is 1. The average molecular weight is 512 g/mol.